The molecule has 10 rings (SSSR count). The summed E-state index contributed by atoms with van der Waals surface area (Å²) in [6, 6.07) is 22.3. The Hall–Kier alpha value is -3.94. The van der Waals surface area contributed by atoms with Crippen LogP contribution in [0.5, 0.6) is 0 Å². The molecule has 3 aliphatic carbocycles. The number of rotatable bonds is 4. The lowest BCUT2D eigenvalue weighted by atomic mass is 9.64. The van der Waals surface area contributed by atoms with Gasteiger partial charge in [-0.1, -0.05) is 141 Å². The molecular formula is C48H48O. The Kier molecular flexibility index (Phi) is 4.40. The first-order chi connectivity index (χ1) is 31.4. The summed E-state index contributed by atoms with van der Waals surface area (Å²) in [5.74, 6) is -5.68. The van der Waals surface area contributed by atoms with Crippen molar-refractivity contribution in [3.8, 4) is 22.3 Å². The summed E-state index contributed by atoms with van der Waals surface area (Å²) in [5.41, 5.74) is 2.21. The lowest BCUT2D eigenvalue weighted by Gasteiger charge is -2.39. The highest BCUT2D eigenvalue weighted by atomic mass is 16.5. The molecule has 0 aromatic heterocycles. The second kappa shape index (κ2) is 12.4. The molecule has 246 valence electrons. The Balaban J connectivity index is 1.08. The normalized spacial score (nSPS) is 49.9. The Morgan fingerprint density at radius 3 is 1.90 bits per heavy atom. The van der Waals surface area contributed by atoms with Gasteiger partial charge in [-0.3, -0.25) is 0 Å². The predicted molar refractivity (Wildman–Crippen MR) is 206 cm³/mol. The standard InChI is InChI=1S/C48H48O/c1-3-11-31(12-4-1)36-24-26-45-44(29-36)39-25-23-37(30-46(39)49-45)34-19-20-35-28-38(22-21-33(35)27-34)48-42-17-9-7-15-40(42)47(32-13-5-2-6-14-32)41-16-8-10-18-43(41)48/h2,5-10,13-22,27-28,31,36-37,39,44-46H,1,3-4,11-12,23-26,29-30H2/i1D,3D,4D,11D,12D,19D,20D,21D,22D,23D,24D,25D,26D,27D,28D,29D,30D. The van der Waals surface area contributed by atoms with Gasteiger partial charge in [0.1, 0.15) is 0 Å². The van der Waals surface area contributed by atoms with Crippen LogP contribution in [0.25, 0.3) is 54.6 Å². The first-order valence-electron chi connectivity index (χ1n) is 26.6. The lowest BCUT2D eigenvalue weighted by molar-refractivity contribution is -0.00779. The second-order valence-corrected chi connectivity index (χ2v) is 13.5. The van der Waals surface area contributed by atoms with E-state index in [0.29, 0.717) is 16.3 Å². The maximum Gasteiger partial charge on any atom is 0.0636 e. The van der Waals surface area contributed by atoms with Crippen molar-refractivity contribution in [3.05, 3.63) is 121 Å². The average molecular weight is 658 g/mol. The highest BCUT2D eigenvalue weighted by molar-refractivity contribution is 6.21. The summed E-state index contributed by atoms with van der Waals surface area (Å²) >= 11 is 0. The third kappa shape index (κ3) is 5.23. The van der Waals surface area contributed by atoms with Gasteiger partial charge in [-0.15, -0.1) is 0 Å². The van der Waals surface area contributed by atoms with Crippen LogP contribution in [0.15, 0.2) is 115 Å². The zero-order chi connectivity index (χ0) is 47.1. The number of benzene rings is 6. The minimum Gasteiger partial charge on any atom is -0.374 e. The molecule has 49 heavy (non-hydrogen) atoms. The van der Waals surface area contributed by atoms with Crippen LogP contribution in [0, 0.1) is 23.7 Å². The van der Waals surface area contributed by atoms with Crippen LogP contribution in [-0.2, 0) is 4.74 Å². The molecule has 0 radical (unpaired) electrons. The molecule has 4 aliphatic rings. The summed E-state index contributed by atoms with van der Waals surface area (Å²) in [6.07, 6.45) is -17.6. The van der Waals surface area contributed by atoms with Crippen LogP contribution >= 0.6 is 0 Å². The fraction of sp³-hybridized carbons (Fsp3) is 0.375. The molecule has 0 N–H and O–H groups in total. The van der Waals surface area contributed by atoms with Crippen molar-refractivity contribution in [2.75, 3.05) is 0 Å². The predicted octanol–water partition coefficient (Wildman–Crippen LogP) is 13.1. The van der Waals surface area contributed by atoms with Gasteiger partial charge in [-0.2, -0.15) is 0 Å². The van der Waals surface area contributed by atoms with Crippen molar-refractivity contribution in [3.63, 3.8) is 0 Å². The molecule has 0 spiro atoms. The van der Waals surface area contributed by atoms with Crippen LogP contribution in [0.1, 0.15) is 105 Å². The molecule has 1 aliphatic heterocycles. The van der Waals surface area contributed by atoms with E-state index in [-0.39, 0.29) is 34.0 Å². The maximum absolute atomic E-state index is 9.72. The van der Waals surface area contributed by atoms with E-state index < -0.39 is 136 Å². The Morgan fingerprint density at radius 2 is 1.16 bits per heavy atom. The quantitative estimate of drug-likeness (QED) is 0.171. The summed E-state index contributed by atoms with van der Waals surface area (Å²) in [4.78, 5) is 0. The van der Waals surface area contributed by atoms with E-state index in [1.165, 1.54) is 0 Å². The monoisotopic (exact) mass is 657 g/mol. The van der Waals surface area contributed by atoms with Crippen molar-refractivity contribution in [2.24, 2.45) is 23.7 Å². The van der Waals surface area contributed by atoms with Crippen molar-refractivity contribution >= 4 is 32.3 Å². The number of hydrogen-bond acceptors (Lipinski definition) is 1. The van der Waals surface area contributed by atoms with Gasteiger partial charge in [0.15, 0.2) is 0 Å². The van der Waals surface area contributed by atoms with Crippen molar-refractivity contribution in [2.45, 2.75) is 88.5 Å². The van der Waals surface area contributed by atoms with Gasteiger partial charge >= 0.3 is 0 Å². The first kappa shape index (κ1) is 17.3. The number of hydrogen-bond donors (Lipinski definition) is 0. The van der Waals surface area contributed by atoms with E-state index in [2.05, 4.69) is 0 Å². The molecule has 1 nitrogen and oxygen atoms in total. The number of fused-ring (bicyclic) bond motifs is 6. The van der Waals surface area contributed by atoms with Gasteiger partial charge in [0.05, 0.1) is 20.4 Å². The first-order valence-corrected chi connectivity index (χ1v) is 17.2. The van der Waals surface area contributed by atoms with Crippen molar-refractivity contribution in [1.82, 2.24) is 0 Å². The van der Waals surface area contributed by atoms with Crippen molar-refractivity contribution < 1.29 is 28.0 Å². The van der Waals surface area contributed by atoms with E-state index in [1.807, 2.05) is 78.9 Å². The molecule has 4 fully saturated rings. The van der Waals surface area contributed by atoms with Gasteiger partial charge in [-0.25, -0.2) is 0 Å². The molecule has 1 heteroatoms. The average Bonchev–Trinajstić information content (AvgIpc) is 3.73. The van der Waals surface area contributed by atoms with Crippen LogP contribution in [0.4, 0.5) is 0 Å². The highest BCUT2D eigenvalue weighted by Crippen LogP contribution is 2.53. The topological polar surface area (TPSA) is 9.23 Å². The van der Waals surface area contributed by atoms with Gasteiger partial charge in [0.2, 0.25) is 0 Å². The Bertz CT molecular complexity index is 2830. The third-order valence-corrected chi connectivity index (χ3v) is 10.7. The molecule has 16 atom stereocenters. The largest absolute Gasteiger partial charge is 0.374 e. The molecule has 3 saturated carbocycles. The van der Waals surface area contributed by atoms with Gasteiger partial charge in [0, 0.05) is 15.1 Å². The summed E-state index contributed by atoms with van der Waals surface area (Å²) in [5, 5.41) is 2.64. The minimum absolute atomic E-state index is 0.0589. The van der Waals surface area contributed by atoms with Gasteiger partial charge in [0.25, 0.3) is 0 Å². The minimum atomic E-state index is -1.54. The zero-order valence-corrected chi connectivity index (χ0v) is 26.8. The van der Waals surface area contributed by atoms with E-state index in [1.54, 1.807) is 0 Å². The molecule has 16 unspecified atom stereocenters. The lowest BCUT2D eigenvalue weighted by Crippen LogP contribution is -2.34. The van der Waals surface area contributed by atoms with E-state index in [9.17, 15) is 15.1 Å². The Morgan fingerprint density at radius 1 is 0.510 bits per heavy atom. The van der Waals surface area contributed by atoms with Crippen LogP contribution in [0.3, 0.4) is 0 Å². The summed E-state index contributed by atoms with van der Waals surface area (Å²) in [6.45, 7) is 0. The number of ether oxygens (including phenoxy) is 1. The van der Waals surface area contributed by atoms with E-state index >= 15 is 0 Å². The third-order valence-electron chi connectivity index (χ3n) is 10.7. The maximum atomic E-state index is 9.72. The fourth-order valence-electron chi connectivity index (χ4n) is 8.41. The molecular weight excluding hydrogens is 593 g/mol. The molecule has 0 amide bonds. The SMILES string of the molecule is [2H]c1c(C2C([2H])C([2H])C3C(OC4C([2H])C([2H])C(C5C([2H])C([2H])C([2H])C([2H])C5[2H])C([2H])C43)C2[2H])c([2H])c2c([2H])c([2H])c(-c3c4ccccc4c(-c4ccccc4)c4ccccc34)c([2H])c2c1[2H]. The smallest absolute Gasteiger partial charge is 0.0636 e. The Labute approximate surface area is 315 Å². The molecule has 1 saturated heterocycles. The molecule has 6 aromatic carbocycles. The van der Waals surface area contributed by atoms with Crippen LogP contribution in [0.2, 0.25) is 0 Å². The van der Waals surface area contributed by atoms with E-state index in [4.69, 9.17) is 13.0 Å². The van der Waals surface area contributed by atoms with Crippen molar-refractivity contribution in [1.29, 1.82) is 0 Å². The highest BCUT2D eigenvalue weighted by Gasteiger charge is 2.50. The second-order valence-electron chi connectivity index (χ2n) is 13.5. The molecule has 1 heterocycles. The summed E-state index contributed by atoms with van der Waals surface area (Å²) in [7, 11) is 0. The van der Waals surface area contributed by atoms with Gasteiger partial charge < -0.3 is 4.74 Å². The fourth-order valence-corrected chi connectivity index (χ4v) is 8.41. The van der Waals surface area contributed by atoms with Crippen LogP contribution in [-0.4, -0.2) is 12.2 Å². The molecule has 0 bridgehead atoms. The van der Waals surface area contributed by atoms with Crippen LogP contribution < -0.4 is 0 Å². The zero-order valence-electron chi connectivity index (χ0n) is 43.8. The van der Waals surface area contributed by atoms with Gasteiger partial charge in [-0.05, 0) is 134 Å². The van der Waals surface area contributed by atoms with E-state index in [0.717, 1.165) is 21.9 Å². The summed E-state index contributed by atoms with van der Waals surface area (Å²) < 4.78 is 163. The molecule has 6 aromatic rings.